The zero-order valence-electron chi connectivity index (χ0n) is 13.9. The fraction of sp³-hybridized carbons (Fsp3) is 0.684. The third-order valence-corrected chi connectivity index (χ3v) is 5.83. The van der Waals surface area contributed by atoms with Crippen molar-refractivity contribution >= 4 is 0 Å². The number of ether oxygens (including phenoxy) is 1. The average molecular weight is 274 g/mol. The van der Waals surface area contributed by atoms with Crippen LogP contribution in [0.1, 0.15) is 53.0 Å². The maximum Gasteiger partial charge on any atom is 0.119 e. The Morgan fingerprint density at radius 3 is 1.80 bits per heavy atom. The van der Waals surface area contributed by atoms with Crippen LogP contribution in [-0.2, 0) is 0 Å². The molecule has 1 fully saturated rings. The normalized spacial score (nSPS) is 33.6. The van der Waals surface area contributed by atoms with E-state index in [1.807, 2.05) is 0 Å². The first-order valence-electron chi connectivity index (χ1n) is 8.14. The number of rotatable bonds is 4. The number of benzene rings is 1. The minimum absolute atomic E-state index is 0.584. The Morgan fingerprint density at radius 1 is 0.850 bits per heavy atom. The molecule has 0 aromatic heterocycles. The second-order valence-corrected chi connectivity index (χ2v) is 7.14. The van der Waals surface area contributed by atoms with Gasteiger partial charge in [-0.3, -0.25) is 0 Å². The second kappa shape index (κ2) is 6.20. The third kappa shape index (κ3) is 3.02. The van der Waals surface area contributed by atoms with Crippen LogP contribution in [0.2, 0.25) is 0 Å². The molecule has 4 atom stereocenters. The van der Waals surface area contributed by atoms with Gasteiger partial charge in [-0.25, -0.2) is 0 Å². The molecule has 0 saturated heterocycles. The van der Waals surface area contributed by atoms with Gasteiger partial charge in [0.05, 0.1) is 6.61 Å². The lowest BCUT2D eigenvalue weighted by molar-refractivity contribution is 0.182. The Morgan fingerprint density at radius 2 is 1.35 bits per heavy atom. The molecule has 1 aliphatic carbocycles. The van der Waals surface area contributed by atoms with Gasteiger partial charge in [-0.2, -0.15) is 0 Å². The topological polar surface area (TPSA) is 9.23 Å². The molecular formula is C19H30O. The molecule has 1 saturated carbocycles. The molecule has 1 aromatic rings. The van der Waals surface area contributed by atoms with Gasteiger partial charge < -0.3 is 4.74 Å². The summed E-state index contributed by atoms with van der Waals surface area (Å²) in [7, 11) is 0. The Kier molecular flexibility index (Phi) is 4.78. The highest BCUT2D eigenvalue weighted by molar-refractivity contribution is 5.28. The van der Waals surface area contributed by atoms with Crippen LogP contribution in [0.5, 0.6) is 5.75 Å². The van der Waals surface area contributed by atoms with Crippen molar-refractivity contribution in [3.05, 3.63) is 29.8 Å². The largest absolute Gasteiger partial charge is 0.493 e. The van der Waals surface area contributed by atoms with Gasteiger partial charge in [0.1, 0.15) is 5.75 Å². The van der Waals surface area contributed by atoms with Gasteiger partial charge >= 0.3 is 0 Å². The standard InChI is InChI=1S/C19H30O/c1-12(2)17-7-9-18(10-8-17)20-11-19-15(5)13(3)14(4)16(19)6/h7-10,12-16,19H,11H2,1-6H3. The molecule has 112 valence electrons. The highest BCUT2D eigenvalue weighted by atomic mass is 16.5. The Bertz CT molecular complexity index is 406. The number of hydrogen-bond donors (Lipinski definition) is 0. The molecule has 0 amide bonds. The Labute approximate surface area is 124 Å². The van der Waals surface area contributed by atoms with Crippen molar-refractivity contribution in [3.8, 4) is 5.75 Å². The highest BCUT2D eigenvalue weighted by Gasteiger charge is 2.41. The quantitative estimate of drug-likeness (QED) is 0.718. The van der Waals surface area contributed by atoms with E-state index >= 15 is 0 Å². The first-order valence-corrected chi connectivity index (χ1v) is 8.14. The molecule has 1 aromatic carbocycles. The molecule has 0 spiro atoms. The van der Waals surface area contributed by atoms with Gasteiger partial charge in [0, 0.05) is 0 Å². The summed E-state index contributed by atoms with van der Waals surface area (Å²) < 4.78 is 6.06. The predicted octanol–water partition coefficient (Wildman–Crippen LogP) is 5.36. The monoisotopic (exact) mass is 274 g/mol. The summed E-state index contributed by atoms with van der Waals surface area (Å²) in [5.41, 5.74) is 1.38. The summed E-state index contributed by atoms with van der Waals surface area (Å²) in [5.74, 6) is 5.42. The lowest BCUT2D eigenvalue weighted by Crippen LogP contribution is -2.21. The third-order valence-electron chi connectivity index (χ3n) is 5.83. The molecule has 1 nitrogen and oxygen atoms in total. The van der Waals surface area contributed by atoms with Crippen LogP contribution in [0.4, 0.5) is 0 Å². The van der Waals surface area contributed by atoms with E-state index in [4.69, 9.17) is 4.74 Å². The molecule has 0 N–H and O–H groups in total. The maximum absolute atomic E-state index is 6.06. The van der Waals surface area contributed by atoms with Crippen molar-refractivity contribution < 1.29 is 4.74 Å². The van der Waals surface area contributed by atoms with E-state index in [0.717, 1.165) is 36.0 Å². The number of hydrogen-bond acceptors (Lipinski definition) is 1. The van der Waals surface area contributed by atoms with Crippen molar-refractivity contribution in [1.82, 2.24) is 0 Å². The second-order valence-electron chi connectivity index (χ2n) is 7.14. The van der Waals surface area contributed by atoms with Crippen molar-refractivity contribution in [3.63, 3.8) is 0 Å². The van der Waals surface area contributed by atoms with E-state index in [2.05, 4.69) is 65.8 Å². The zero-order valence-corrected chi connectivity index (χ0v) is 13.9. The average Bonchev–Trinajstić information content (AvgIpc) is 2.62. The molecule has 0 bridgehead atoms. The molecular weight excluding hydrogens is 244 g/mol. The van der Waals surface area contributed by atoms with E-state index in [-0.39, 0.29) is 0 Å². The van der Waals surface area contributed by atoms with E-state index in [1.54, 1.807) is 0 Å². The fourth-order valence-electron chi connectivity index (χ4n) is 3.66. The van der Waals surface area contributed by atoms with Crippen LogP contribution >= 0.6 is 0 Å². The van der Waals surface area contributed by atoms with Gasteiger partial charge in [0.2, 0.25) is 0 Å². The van der Waals surface area contributed by atoms with E-state index < -0.39 is 0 Å². The molecule has 1 heteroatoms. The van der Waals surface area contributed by atoms with Crippen molar-refractivity contribution in [1.29, 1.82) is 0 Å². The summed E-state index contributed by atoms with van der Waals surface area (Å²) in [6.45, 7) is 14.9. The summed E-state index contributed by atoms with van der Waals surface area (Å²) in [4.78, 5) is 0. The van der Waals surface area contributed by atoms with Crippen LogP contribution in [0.25, 0.3) is 0 Å². The summed E-state index contributed by atoms with van der Waals surface area (Å²) in [6, 6.07) is 8.61. The zero-order chi connectivity index (χ0) is 14.9. The minimum Gasteiger partial charge on any atom is -0.493 e. The summed E-state index contributed by atoms with van der Waals surface area (Å²) in [6.07, 6.45) is 0. The molecule has 0 aliphatic heterocycles. The summed E-state index contributed by atoms with van der Waals surface area (Å²) in [5, 5.41) is 0. The smallest absolute Gasteiger partial charge is 0.119 e. The van der Waals surface area contributed by atoms with Gasteiger partial charge in [0.25, 0.3) is 0 Å². The van der Waals surface area contributed by atoms with Gasteiger partial charge in [-0.05, 0) is 53.2 Å². The van der Waals surface area contributed by atoms with Crippen LogP contribution < -0.4 is 4.74 Å². The Balaban J connectivity index is 1.95. The van der Waals surface area contributed by atoms with Gasteiger partial charge in [0.15, 0.2) is 0 Å². The molecule has 0 heterocycles. The van der Waals surface area contributed by atoms with Crippen molar-refractivity contribution in [2.45, 2.75) is 47.5 Å². The molecule has 0 radical (unpaired) electrons. The van der Waals surface area contributed by atoms with Gasteiger partial charge in [-0.1, -0.05) is 53.7 Å². The maximum atomic E-state index is 6.06. The van der Waals surface area contributed by atoms with Crippen LogP contribution in [0.3, 0.4) is 0 Å². The lowest BCUT2D eigenvalue weighted by Gasteiger charge is -2.21. The van der Waals surface area contributed by atoms with Crippen LogP contribution in [0.15, 0.2) is 24.3 Å². The first-order chi connectivity index (χ1) is 9.41. The fourth-order valence-corrected chi connectivity index (χ4v) is 3.66. The predicted molar refractivity (Wildman–Crippen MR) is 86.2 cm³/mol. The molecule has 4 unspecified atom stereocenters. The van der Waals surface area contributed by atoms with Crippen LogP contribution in [0, 0.1) is 29.6 Å². The SMILES string of the molecule is CC(C)c1ccc(OCC2C(C)C(C)C(C)C2C)cc1. The van der Waals surface area contributed by atoms with Crippen molar-refractivity contribution in [2.24, 2.45) is 29.6 Å². The van der Waals surface area contributed by atoms with E-state index in [0.29, 0.717) is 11.8 Å². The summed E-state index contributed by atoms with van der Waals surface area (Å²) >= 11 is 0. The van der Waals surface area contributed by atoms with E-state index in [9.17, 15) is 0 Å². The molecule has 20 heavy (non-hydrogen) atoms. The minimum atomic E-state index is 0.584. The molecule has 2 rings (SSSR count). The molecule has 1 aliphatic rings. The Hall–Kier alpha value is -0.980. The van der Waals surface area contributed by atoms with Crippen molar-refractivity contribution in [2.75, 3.05) is 6.61 Å². The lowest BCUT2D eigenvalue weighted by atomic mass is 9.90. The van der Waals surface area contributed by atoms with Crippen LogP contribution in [-0.4, -0.2) is 6.61 Å². The van der Waals surface area contributed by atoms with E-state index in [1.165, 1.54) is 5.56 Å². The van der Waals surface area contributed by atoms with Gasteiger partial charge in [-0.15, -0.1) is 0 Å². The first kappa shape index (κ1) is 15.4. The highest BCUT2D eigenvalue weighted by Crippen LogP contribution is 2.45.